The predicted molar refractivity (Wildman–Crippen MR) is 160 cm³/mol. The van der Waals surface area contributed by atoms with E-state index < -0.39 is 34.2 Å². The summed E-state index contributed by atoms with van der Waals surface area (Å²) in [6.45, 7) is 3.90. The number of rotatable bonds is 12. The fourth-order valence-electron chi connectivity index (χ4n) is 4.64. The lowest BCUT2D eigenvalue weighted by Gasteiger charge is -2.25. The van der Waals surface area contributed by atoms with Gasteiger partial charge in [-0.15, -0.1) is 0 Å². The molecule has 0 radical (unpaired) electrons. The number of aliphatic hydroxyl groups is 1. The van der Waals surface area contributed by atoms with Crippen LogP contribution in [0, 0.1) is 0 Å². The summed E-state index contributed by atoms with van der Waals surface area (Å²) in [5, 5.41) is 16.5. The normalized spacial score (nSPS) is 15.6. The first-order valence-corrected chi connectivity index (χ1v) is 15.5. The average Bonchev–Trinajstić information content (AvgIpc) is 3.33. The fraction of sp³-hybridized carbons (Fsp3) is 0.355. The van der Waals surface area contributed by atoms with Gasteiger partial charge in [-0.05, 0) is 49.9 Å². The maximum absolute atomic E-state index is 13.6. The van der Waals surface area contributed by atoms with E-state index >= 15 is 0 Å². The summed E-state index contributed by atoms with van der Waals surface area (Å²) >= 11 is 0. The van der Waals surface area contributed by atoms with Crippen molar-refractivity contribution >= 4 is 27.7 Å². The summed E-state index contributed by atoms with van der Waals surface area (Å²) in [5.41, 5.74) is 2.23. The Morgan fingerprint density at radius 2 is 1.64 bits per heavy atom. The maximum atomic E-state index is 13.6. The summed E-state index contributed by atoms with van der Waals surface area (Å²) in [7, 11) is -3.49. The van der Waals surface area contributed by atoms with Crippen LogP contribution < -0.4 is 19.7 Å². The minimum absolute atomic E-state index is 0.0376. The Hall–Kier alpha value is -4.09. The van der Waals surface area contributed by atoms with Crippen molar-refractivity contribution in [1.82, 2.24) is 10.6 Å². The van der Waals surface area contributed by atoms with Gasteiger partial charge in [0.15, 0.2) is 0 Å². The molecule has 3 aromatic rings. The van der Waals surface area contributed by atoms with E-state index in [0.717, 1.165) is 11.1 Å². The van der Waals surface area contributed by atoms with Crippen molar-refractivity contribution in [2.24, 2.45) is 0 Å². The molecule has 0 aliphatic carbocycles. The Balaban J connectivity index is 1.50. The molecule has 0 spiro atoms. The number of sulfonamides is 1. The SMILES string of the molecule is CC(C)Oc1cc(C(=O)N[C@@H](Cc2ccccc2)[C@H](O)CNC(=O)OCc2ccccc2)cc(N2CCCS2(=O)=O)c1. The quantitative estimate of drug-likeness (QED) is 0.291. The number of carbonyl (C=O) groups is 2. The van der Waals surface area contributed by atoms with E-state index in [4.69, 9.17) is 9.47 Å². The van der Waals surface area contributed by atoms with Crippen LogP contribution >= 0.6 is 0 Å². The number of anilines is 1. The molecular weight excluding hydrogens is 558 g/mol. The zero-order valence-corrected chi connectivity index (χ0v) is 24.5. The van der Waals surface area contributed by atoms with E-state index in [1.807, 2.05) is 74.5 Å². The second-order valence-electron chi connectivity index (χ2n) is 10.4. The molecule has 0 aromatic heterocycles. The molecule has 11 heteroatoms. The molecule has 2 atom stereocenters. The number of ether oxygens (including phenoxy) is 2. The number of nitrogens with zero attached hydrogens (tertiary/aromatic N) is 1. The number of alkyl carbamates (subject to hydrolysis) is 1. The summed E-state index contributed by atoms with van der Waals surface area (Å²) in [6.07, 6.45) is -1.29. The van der Waals surface area contributed by atoms with Crippen LogP contribution in [0.5, 0.6) is 5.75 Å². The molecule has 0 saturated carbocycles. The third-order valence-corrected chi connectivity index (χ3v) is 8.53. The van der Waals surface area contributed by atoms with Crippen molar-refractivity contribution < 1.29 is 32.6 Å². The lowest BCUT2D eigenvalue weighted by atomic mass is 10.0. The lowest BCUT2D eigenvalue weighted by Crippen LogP contribution is -2.49. The molecule has 1 aliphatic rings. The minimum Gasteiger partial charge on any atom is -0.491 e. The second kappa shape index (κ2) is 14.2. The van der Waals surface area contributed by atoms with Crippen molar-refractivity contribution in [2.75, 3.05) is 23.1 Å². The van der Waals surface area contributed by atoms with Crippen LogP contribution in [0.4, 0.5) is 10.5 Å². The first-order chi connectivity index (χ1) is 20.1. The summed E-state index contributed by atoms with van der Waals surface area (Å²) < 4.78 is 37.6. The lowest BCUT2D eigenvalue weighted by molar-refractivity contribution is 0.0817. The Kier molecular flexibility index (Phi) is 10.4. The number of hydrogen-bond donors (Lipinski definition) is 3. The third kappa shape index (κ3) is 8.70. The van der Waals surface area contributed by atoms with Crippen molar-refractivity contribution in [1.29, 1.82) is 0 Å². The van der Waals surface area contributed by atoms with Crippen LogP contribution in [0.2, 0.25) is 0 Å². The smallest absolute Gasteiger partial charge is 0.407 e. The van der Waals surface area contributed by atoms with Crippen LogP contribution in [-0.4, -0.2) is 62.6 Å². The molecule has 1 heterocycles. The van der Waals surface area contributed by atoms with Crippen LogP contribution in [-0.2, 0) is 27.8 Å². The molecule has 0 unspecified atom stereocenters. The molecule has 42 heavy (non-hydrogen) atoms. The summed E-state index contributed by atoms with van der Waals surface area (Å²) in [5.74, 6) is -0.123. The maximum Gasteiger partial charge on any atom is 0.407 e. The Morgan fingerprint density at radius 1 is 0.976 bits per heavy atom. The molecule has 1 fully saturated rings. The topological polar surface area (TPSA) is 134 Å². The molecule has 4 rings (SSSR count). The zero-order valence-electron chi connectivity index (χ0n) is 23.7. The molecule has 3 aromatic carbocycles. The largest absolute Gasteiger partial charge is 0.491 e. The van der Waals surface area contributed by atoms with E-state index in [9.17, 15) is 23.1 Å². The third-order valence-electron chi connectivity index (χ3n) is 6.66. The second-order valence-corrected chi connectivity index (χ2v) is 12.4. The number of aliphatic hydroxyl groups excluding tert-OH is 1. The van der Waals surface area contributed by atoms with Gasteiger partial charge in [-0.3, -0.25) is 9.10 Å². The number of carbonyl (C=O) groups excluding carboxylic acids is 2. The average molecular weight is 596 g/mol. The molecule has 3 N–H and O–H groups in total. The number of amides is 2. The Bertz CT molecular complexity index is 1450. The van der Waals surface area contributed by atoms with Gasteiger partial charge in [0.1, 0.15) is 12.4 Å². The van der Waals surface area contributed by atoms with Crippen molar-refractivity contribution in [3.05, 3.63) is 95.6 Å². The van der Waals surface area contributed by atoms with E-state index in [0.29, 0.717) is 24.4 Å². The van der Waals surface area contributed by atoms with E-state index in [1.54, 1.807) is 12.1 Å². The Labute approximate surface area is 246 Å². The monoisotopic (exact) mass is 595 g/mol. The number of nitrogens with one attached hydrogen (secondary N) is 2. The first-order valence-electron chi connectivity index (χ1n) is 13.9. The van der Waals surface area contributed by atoms with E-state index in [2.05, 4.69) is 10.6 Å². The van der Waals surface area contributed by atoms with Crippen molar-refractivity contribution in [3.63, 3.8) is 0 Å². The zero-order chi connectivity index (χ0) is 30.1. The molecule has 224 valence electrons. The molecular formula is C31H37N3O7S. The highest BCUT2D eigenvalue weighted by Crippen LogP contribution is 2.30. The highest BCUT2D eigenvalue weighted by molar-refractivity contribution is 7.93. The van der Waals surface area contributed by atoms with Crippen LogP contribution in [0.1, 0.15) is 41.8 Å². The Morgan fingerprint density at radius 3 is 2.26 bits per heavy atom. The van der Waals surface area contributed by atoms with E-state index in [1.165, 1.54) is 10.4 Å². The van der Waals surface area contributed by atoms with Gasteiger partial charge in [-0.2, -0.15) is 0 Å². The van der Waals surface area contributed by atoms with Crippen LogP contribution in [0.15, 0.2) is 78.9 Å². The highest BCUT2D eigenvalue weighted by Gasteiger charge is 2.30. The molecule has 1 saturated heterocycles. The standard InChI is InChI=1S/C31H37N3O7S/c1-22(2)41-27-18-25(17-26(19-27)34-14-9-15-42(34,38)39)30(36)33-28(16-23-10-5-3-6-11-23)29(35)20-32-31(37)40-21-24-12-7-4-8-13-24/h3-8,10-13,17-19,22,28-29,35H,9,14-16,20-21H2,1-2H3,(H,32,37)(H,33,36)/t28-,29+/m0/s1. The summed E-state index contributed by atoms with van der Waals surface area (Å²) in [6, 6.07) is 22.4. The van der Waals surface area contributed by atoms with Gasteiger partial charge >= 0.3 is 6.09 Å². The molecule has 1 aliphatic heterocycles. The van der Waals surface area contributed by atoms with Gasteiger partial charge in [-0.1, -0.05) is 60.7 Å². The van der Waals surface area contributed by atoms with Crippen molar-refractivity contribution in [3.8, 4) is 5.75 Å². The highest BCUT2D eigenvalue weighted by atomic mass is 32.2. The van der Waals surface area contributed by atoms with Gasteiger partial charge in [0.05, 0.1) is 29.7 Å². The molecule has 2 amide bonds. The molecule has 0 bridgehead atoms. The van der Waals surface area contributed by atoms with Gasteiger partial charge in [-0.25, -0.2) is 13.2 Å². The van der Waals surface area contributed by atoms with Crippen molar-refractivity contribution in [2.45, 2.75) is 51.5 Å². The predicted octanol–water partition coefficient (Wildman–Crippen LogP) is 3.64. The van der Waals surface area contributed by atoms with Crippen LogP contribution in [0.25, 0.3) is 0 Å². The van der Waals surface area contributed by atoms with Gasteiger partial charge in [0.2, 0.25) is 10.0 Å². The fourth-order valence-corrected chi connectivity index (χ4v) is 6.18. The van der Waals surface area contributed by atoms with Gasteiger partial charge < -0.3 is 25.2 Å². The summed E-state index contributed by atoms with van der Waals surface area (Å²) in [4.78, 5) is 25.8. The first kappa shape index (κ1) is 30.9. The number of hydrogen-bond acceptors (Lipinski definition) is 7. The van der Waals surface area contributed by atoms with E-state index in [-0.39, 0.29) is 37.0 Å². The van der Waals surface area contributed by atoms with Gasteiger partial charge in [0, 0.05) is 24.7 Å². The molecule has 10 nitrogen and oxygen atoms in total. The van der Waals surface area contributed by atoms with Crippen LogP contribution in [0.3, 0.4) is 0 Å². The van der Waals surface area contributed by atoms with Gasteiger partial charge in [0.25, 0.3) is 5.91 Å². The number of benzene rings is 3. The minimum atomic E-state index is -3.49.